The molecule has 144 valence electrons. The number of carboxylic acid groups (broad SMARTS) is 1. The summed E-state index contributed by atoms with van der Waals surface area (Å²) in [5.41, 5.74) is 2.18. The van der Waals surface area contributed by atoms with Crippen molar-refractivity contribution in [2.24, 2.45) is 0 Å². The fourth-order valence-electron chi connectivity index (χ4n) is 2.71. The number of hydrogen-bond acceptors (Lipinski definition) is 3. The average Bonchev–Trinajstić information content (AvgIpc) is 3.02. The molecule has 28 heavy (non-hydrogen) atoms. The summed E-state index contributed by atoms with van der Waals surface area (Å²) in [6, 6.07) is 7.67. The molecule has 0 spiro atoms. The number of hydrogen-bond donors (Lipinski definition) is 3. The van der Waals surface area contributed by atoms with Crippen LogP contribution in [0.3, 0.4) is 0 Å². The molecule has 0 atom stereocenters. The lowest BCUT2D eigenvalue weighted by Crippen LogP contribution is -2.10. The van der Waals surface area contributed by atoms with Crippen molar-refractivity contribution in [2.45, 2.75) is 19.8 Å². The number of nitrogens with one attached hydrogen (secondary N) is 2. The summed E-state index contributed by atoms with van der Waals surface area (Å²) in [6.07, 6.45) is 2.83. The van der Waals surface area contributed by atoms with E-state index in [9.17, 15) is 18.4 Å². The minimum absolute atomic E-state index is 0.132. The second kappa shape index (κ2) is 7.99. The summed E-state index contributed by atoms with van der Waals surface area (Å²) in [5.74, 6) is -2.57. The zero-order chi connectivity index (χ0) is 20.3. The number of aromatic amines is 1. The van der Waals surface area contributed by atoms with Crippen LogP contribution >= 0.6 is 0 Å². The SMILES string of the molecule is Cc1c(F)cc(CCC(=O)O)cc1NC(=O)C=Cc1ccc2c(F)n[nH]c2c1. The van der Waals surface area contributed by atoms with E-state index in [4.69, 9.17) is 5.11 Å². The number of fused-ring (bicyclic) bond motifs is 1. The van der Waals surface area contributed by atoms with Crippen molar-refractivity contribution in [2.75, 3.05) is 5.32 Å². The normalized spacial score (nSPS) is 11.2. The second-order valence-corrected chi connectivity index (χ2v) is 6.29. The van der Waals surface area contributed by atoms with Gasteiger partial charge in [0, 0.05) is 23.7 Å². The fraction of sp³-hybridized carbons (Fsp3) is 0.150. The lowest BCUT2D eigenvalue weighted by atomic mass is 10.0. The zero-order valence-corrected chi connectivity index (χ0v) is 14.9. The first-order valence-electron chi connectivity index (χ1n) is 8.47. The third-order valence-corrected chi connectivity index (χ3v) is 4.26. The van der Waals surface area contributed by atoms with E-state index < -0.39 is 23.6 Å². The van der Waals surface area contributed by atoms with Gasteiger partial charge in [-0.15, -0.1) is 5.10 Å². The van der Waals surface area contributed by atoms with Gasteiger partial charge < -0.3 is 10.4 Å². The number of aliphatic carboxylic acids is 1. The van der Waals surface area contributed by atoms with E-state index in [1.165, 1.54) is 25.1 Å². The minimum atomic E-state index is -0.983. The number of anilines is 1. The molecule has 0 aliphatic carbocycles. The molecule has 1 aromatic heterocycles. The van der Waals surface area contributed by atoms with Crippen LogP contribution in [0.15, 0.2) is 36.4 Å². The van der Waals surface area contributed by atoms with E-state index in [-0.39, 0.29) is 24.1 Å². The number of amides is 1. The van der Waals surface area contributed by atoms with Crippen LogP contribution in [0.5, 0.6) is 0 Å². The van der Waals surface area contributed by atoms with Crippen LogP contribution in [0.2, 0.25) is 0 Å². The number of nitrogens with zero attached hydrogens (tertiary/aromatic N) is 1. The minimum Gasteiger partial charge on any atom is -0.481 e. The molecule has 0 saturated carbocycles. The number of carboxylic acids is 1. The van der Waals surface area contributed by atoms with Crippen molar-refractivity contribution in [3.05, 3.63) is 64.9 Å². The van der Waals surface area contributed by atoms with Crippen molar-refractivity contribution < 1.29 is 23.5 Å². The van der Waals surface area contributed by atoms with Gasteiger partial charge >= 0.3 is 5.97 Å². The van der Waals surface area contributed by atoms with Crippen LogP contribution in [0.25, 0.3) is 17.0 Å². The average molecular weight is 385 g/mol. The lowest BCUT2D eigenvalue weighted by molar-refractivity contribution is -0.137. The Hall–Kier alpha value is -3.55. The van der Waals surface area contributed by atoms with Crippen molar-refractivity contribution in [3.63, 3.8) is 0 Å². The molecule has 1 amide bonds. The van der Waals surface area contributed by atoms with E-state index >= 15 is 0 Å². The van der Waals surface area contributed by atoms with Gasteiger partial charge in [-0.25, -0.2) is 4.39 Å². The van der Waals surface area contributed by atoms with Crippen LogP contribution < -0.4 is 5.32 Å². The second-order valence-electron chi connectivity index (χ2n) is 6.29. The molecule has 0 aliphatic heterocycles. The molecule has 0 radical (unpaired) electrons. The monoisotopic (exact) mass is 385 g/mol. The third-order valence-electron chi connectivity index (χ3n) is 4.26. The summed E-state index contributed by atoms with van der Waals surface area (Å²) >= 11 is 0. The van der Waals surface area contributed by atoms with Gasteiger partial charge in [0.05, 0.1) is 10.9 Å². The van der Waals surface area contributed by atoms with Gasteiger partial charge in [0.15, 0.2) is 0 Å². The molecule has 0 aliphatic rings. The number of H-pyrrole nitrogens is 1. The summed E-state index contributed by atoms with van der Waals surface area (Å²) in [4.78, 5) is 22.9. The Balaban J connectivity index is 1.74. The highest BCUT2D eigenvalue weighted by Gasteiger charge is 2.10. The Labute approximate surface area is 158 Å². The molecule has 0 unspecified atom stereocenters. The Morgan fingerprint density at radius 1 is 1.25 bits per heavy atom. The lowest BCUT2D eigenvalue weighted by Gasteiger charge is -2.10. The highest BCUT2D eigenvalue weighted by Crippen LogP contribution is 2.22. The standard InChI is InChI=1S/C20H17F2N3O3/c1-11-15(21)8-13(4-7-19(27)28)10-16(11)23-18(26)6-3-12-2-5-14-17(9-12)24-25-20(14)22/h2-3,5-6,8-10H,4,7H2,1H3,(H,23,26)(H,24,25)(H,27,28). The first-order chi connectivity index (χ1) is 13.3. The van der Waals surface area contributed by atoms with Crippen molar-refractivity contribution in [3.8, 4) is 0 Å². The van der Waals surface area contributed by atoms with Gasteiger partial charge in [0.2, 0.25) is 11.9 Å². The van der Waals surface area contributed by atoms with Crippen LogP contribution in [0, 0.1) is 18.7 Å². The van der Waals surface area contributed by atoms with Crippen LogP contribution in [0.1, 0.15) is 23.1 Å². The maximum absolute atomic E-state index is 14.1. The molecule has 0 saturated heterocycles. The Morgan fingerprint density at radius 3 is 2.79 bits per heavy atom. The molecular weight excluding hydrogens is 368 g/mol. The van der Waals surface area contributed by atoms with Gasteiger partial charge in [-0.05, 0) is 54.8 Å². The summed E-state index contributed by atoms with van der Waals surface area (Å²) in [7, 11) is 0. The van der Waals surface area contributed by atoms with Crippen LogP contribution in [0.4, 0.5) is 14.5 Å². The zero-order valence-electron chi connectivity index (χ0n) is 14.9. The van der Waals surface area contributed by atoms with Gasteiger partial charge in [-0.1, -0.05) is 6.07 Å². The number of aryl methyl sites for hydroxylation is 1. The number of carbonyl (C=O) groups excluding carboxylic acids is 1. The first kappa shape index (κ1) is 19.2. The van der Waals surface area contributed by atoms with Gasteiger partial charge in [0.1, 0.15) is 5.82 Å². The number of carbonyl (C=O) groups is 2. The number of halogens is 2. The van der Waals surface area contributed by atoms with Crippen molar-refractivity contribution in [1.82, 2.24) is 10.2 Å². The largest absolute Gasteiger partial charge is 0.481 e. The van der Waals surface area contributed by atoms with E-state index in [0.717, 1.165) is 0 Å². The third kappa shape index (κ3) is 4.40. The molecule has 3 N–H and O–H groups in total. The predicted octanol–water partition coefficient (Wildman–Crippen LogP) is 3.82. The Bertz CT molecular complexity index is 1090. The Morgan fingerprint density at radius 2 is 2.04 bits per heavy atom. The topological polar surface area (TPSA) is 95.1 Å². The van der Waals surface area contributed by atoms with Crippen LogP contribution in [-0.2, 0) is 16.0 Å². The van der Waals surface area contributed by atoms with Gasteiger partial charge in [0.25, 0.3) is 0 Å². The smallest absolute Gasteiger partial charge is 0.303 e. The summed E-state index contributed by atoms with van der Waals surface area (Å²) in [5, 5.41) is 17.7. The van der Waals surface area contributed by atoms with Crippen molar-refractivity contribution >= 4 is 34.5 Å². The quantitative estimate of drug-likeness (QED) is 0.562. The van der Waals surface area contributed by atoms with Gasteiger partial charge in [-0.2, -0.15) is 4.39 Å². The molecule has 0 fully saturated rings. The number of benzene rings is 2. The maximum Gasteiger partial charge on any atom is 0.303 e. The molecule has 6 nitrogen and oxygen atoms in total. The van der Waals surface area contributed by atoms with E-state index in [1.807, 2.05) is 0 Å². The molecule has 0 bridgehead atoms. The van der Waals surface area contributed by atoms with E-state index in [2.05, 4.69) is 15.5 Å². The van der Waals surface area contributed by atoms with E-state index in [0.29, 0.717) is 22.0 Å². The fourth-order valence-corrected chi connectivity index (χ4v) is 2.71. The van der Waals surface area contributed by atoms with Crippen LogP contribution in [-0.4, -0.2) is 27.2 Å². The molecule has 3 rings (SSSR count). The molecule has 8 heteroatoms. The highest BCUT2D eigenvalue weighted by atomic mass is 19.1. The number of rotatable bonds is 6. The van der Waals surface area contributed by atoms with Crippen molar-refractivity contribution in [1.29, 1.82) is 0 Å². The first-order valence-corrected chi connectivity index (χ1v) is 8.47. The predicted molar refractivity (Wildman–Crippen MR) is 101 cm³/mol. The highest BCUT2D eigenvalue weighted by molar-refractivity contribution is 6.02. The summed E-state index contributed by atoms with van der Waals surface area (Å²) < 4.78 is 27.4. The molecular formula is C20H17F2N3O3. The number of aromatic nitrogens is 2. The molecule has 2 aromatic carbocycles. The Kier molecular flexibility index (Phi) is 5.49. The molecule has 1 heterocycles. The van der Waals surface area contributed by atoms with E-state index in [1.54, 1.807) is 24.3 Å². The van der Waals surface area contributed by atoms with Gasteiger partial charge in [-0.3, -0.25) is 14.7 Å². The molecule has 3 aromatic rings. The summed E-state index contributed by atoms with van der Waals surface area (Å²) in [6.45, 7) is 1.52. The maximum atomic E-state index is 14.1.